The minimum atomic E-state index is -4.25. The van der Waals surface area contributed by atoms with Crippen molar-refractivity contribution in [2.75, 3.05) is 0 Å². The summed E-state index contributed by atoms with van der Waals surface area (Å²) in [5.41, 5.74) is 0.470. The molecule has 0 fully saturated rings. The molecule has 5 nitrogen and oxygen atoms in total. The number of carboxylic acid groups (broad SMARTS) is 1. The number of aromatic amines is 1. The minimum absolute atomic E-state index is 0.0477. The SMILES string of the molecule is O=C(O)c1cnc2nc(CCC(F)(F)F)[nH]c2c1. The van der Waals surface area contributed by atoms with Crippen molar-refractivity contribution in [1.29, 1.82) is 0 Å². The van der Waals surface area contributed by atoms with Gasteiger partial charge in [0, 0.05) is 12.6 Å². The Morgan fingerprint density at radius 3 is 2.78 bits per heavy atom. The number of rotatable bonds is 3. The number of aromatic carboxylic acids is 1. The van der Waals surface area contributed by atoms with Crippen LogP contribution in [0.25, 0.3) is 11.2 Å². The van der Waals surface area contributed by atoms with Crippen molar-refractivity contribution < 1.29 is 23.1 Å². The van der Waals surface area contributed by atoms with Crippen molar-refractivity contribution in [1.82, 2.24) is 15.0 Å². The summed E-state index contributed by atoms with van der Waals surface area (Å²) in [7, 11) is 0. The van der Waals surface area contributed by atoms with Crippen LogP contribution in [0.1, 0.15) is 22.6 Å². The van der Waals surface area contributed by atoms with Gasteiger partial charge in [-0.25, -0.2) is 14.8 Å². The molecule has 96 valence electrons. The molecule has 0 aliphatic carbocycles. The van der Waals surface area contributed by atoms with Gasteiger partial charge in [-0.1, -0.05) is 0 Å². The van der Waals surface area contributed by atoms with Crippen LogP contribution in [0.2, 0.25) is 0 Å². The quantitative estimate of drug-likeness (QED) is 0.885. The van der Waals surface area contributed by atoms with Crippen LogP contribution in [0.15, 0.2) is 12.3 Å². The average molecular weight is 259 g/mol. The van der Waals surface area contributed by atoms with Gasteiger partial charge >= 0.3 is 12.1 Å². The molecule has 0 bridgehead atoms. The van der Waals surface area contributed by atoms with Crippen molar-refractivity contribution in [3.63, 3.8) is 0 Å². The summed E-state index contributed by atoms with van der Waals surface area (Å²) in [5, 5.41) is 8.74. The van der Waals surface area contributed by atoms with Crippen LogP contribution >= 0.6 is 0 Å². The molecular formula is C10H8F3N3O2. The highest BCUT2D eigenvalue weighted by atomic mass is 19.4. The molecule has 0 atom stereocenters. The van der Waals surface area contributed by atoms with Crippen molar-refractivity contribution >= 4 is 17.1 Å². The molecule has 2 aromatic heterocycles. The maximum absolute atomic E-state index is 12.0. The smallest absolute Gasteiger partial charge is 0.389 e. The molecule has 2 heterocycles. The number of aromatic nitrogens is 3. The number of fused-ring (bicyclic) bond motifs is 1. The maximum atomic E-state index is 12.0. The Morgan fingerprint density at radius 2 is 2.17 bits per heavy atom. The average Bonchev–Trinajstić information content (AvgIpc) is 2.66. The molecule has 8 heteroatoms. The van der Waals surface area contributed by atoms with E-state index in [0.717, 1.165) is 6.20 Å². The lowest BCUT2D eigenvalue weighted by Gasteiger charge is -2.02. The number of hydrogen-bond acceptors (Lipinski definition) is 3. The summed E-state index contributed by atoms with van der Waals surface area (Å²) < 4.78 is 36.1. The first-order valence-electron chi connectivity index (χ1n) is 5.00. The molecule has 0 radical (unpaired) electrons. The topological polar surface area (TPSA) is 78.9 Å². The molecular weight excluding hydrogens is 251 g/mol. The molecule has 0 aliphatic rings. The second kappa shape index (κ2) is 4.28. The lowest BCUT2D eigenvalue weighted by atomic mass is 10.3. The molecule has 2 aromatic rings. The Kier molecular flexibility index (Phi) is 2.93. The third kappa shape index (κ3) is 2.76. The normalized spacial score (nSPS) is 11.9. The minimum Gasteiger partial charge on any atom is -0.478 e. The van der Waals surface area contributed by atoms with Gasteiger partial charge in [0.05, 0.1) is 17.5 Å². The molecule has 0 saturated carbocycles. The highest BCUT2D eigenvalue weighted by Gasteiger charge is 2.27. The van der Waals surface area contributed by atoms with E-state index in [-0.39, 0.29) is 23.5 Å². The zero-order chi connectivity index (χ0) is 13.3. The van der Waals surface area contributed by atoms with E-state index in [1.54, 1.807) is 0 Å². The van der Waals surface area contributed by atoms with Gasteiger partial charge in [-0.05, 0) is 6.07 Å². The number of hydrogen-bond donors (Lipinski definition) is 2. The van der Waals surface area contributed by atoms with E-state index in [2.05, 4.69) is 15.0 Å². The first-order valence-corrected chi connectivity index (χ1v) is 5.00. The van der Waals surface area contributed by atoms with Crippen LogP contribution in [-0.2, 0) is 6.42 Å². The van der Waals surface area contributed by atoms with Crippen LogP contribution in [0, 0.1) is 0 Å². The molecule has 2 rings (SSSR count). The summed E-state index contributed by atoms with van der Waals surface area (Å²) in [4.78, 5) is 20.9. The monoisotopic (exact) mass is 259 g/mol. The first-order chi connectivity index (χ1) is 8.35. The number of pyridine rings is 1. The number of alkyl halides is 3. The second-order valence-corrected chi connectivity index (χ2v) is 3.70. The molecule has 0 unspecified atom stereocenters. The lowest BCUT2D eigenvalue weighted by Crippen LogP contribution is -2.09. The highest BCUT2D eigenvalue weighted by Crippen LogP contribution is 2.22. The number of nitrogens with one attached hydrogen (secondary N) is 1. The number of nitrogens with zero attached hydrogens (tertiary/aromatic N) is 2. The third-order valence-corrected chi connectivity index (χ3v) is 2.28. The lowest BCUT2D eigenvalue weighted by molar-refractivity contribution is -0.134. The largest absolute Gasteiger partial charge is 0.478 e. The van der Waals surface area contributed by atoms with Gasteiger partial charge < -0.3 is 10.1 Å². The molecule has 0 amide bonds. The van der Waals surface area contributed by atoms with E-state index in [0.29, 0.717) is 5.52 Å². The summed E-state index contributed by atoms with van der Waals surface area (Å²) in [5.74, 6) is -1.02. The number of imidazole rings is 1. The van der Waals surface area contributed by atoms with Gasteiger partial charge in [0.1, 0.15) is 5.82 Å². The summed E-state index contributed by atoms with van der Waals surface area (Å²) in [6.07, 6.45) is -4.42. The number of carboxylic acids is 1. The fourth-order valence-electron chi connectivity index (χ4n) is 1.45. The Labute approximate surface area is 98.7 Å². The van der Waals surface area contributed by atoms with Crippen LogP contribution in [0.3, 0.4) is 0 Å². The molecule has 0 aliphatic heterocycles. The van der Waals surface area contributed by atoms with Gasteiger partial charge in [-0.15, -0.1) is 0 Å². The number of H-pyrrole nitrogens is 1. The van der Waals surface area contributed by atoms with Gasteiger partial charge in [0.25, 0.3) is 0 Å². The fourth-order valence-corrected chi connectivity index (χ4v) is 1.45. The van der Waals surface area contributed by atoms with E-state index in [9.17, 15) is 18.0 Å². The third-order valence-electron chi connectivity index (χ3n) is 2.28. The summed E-state index contributed by atoms with van der Waals surface area (Å²) in [6.45, 7) is 0. The first kappa shape index (κ1) is 12.3. The molecule has 2 N–H and O–H groups in total. The Bertz CT molecular complexity index is 592. The van der Waals surface area contributed by atoms with Gasteiger partial charge in [-0.3, -0.25) is 0 Å². The molecule has 0 saturated heterocycles. The van der Waals surface area contributed by atoms with Gasteiger partial charge in [0.15, 0.2) is 5.65 Å². The van der Waals surface area contributed by atoms with E-state index in [1.165, 1.54) is 6.07 Å². The van der Waals surface area contributed by atoms with E-state index >= 15 is 0 Å². The summed E-state index contributed by atoms with van der Waals surface area (Å²) in [6, 6.07) is 1.29. The van der Waals surface area contributed by atoms with Crippen LogP contribution in [0.5, 0.6) is 0 Å². The van der Waals surface area contributed by atoms with Crippen LogP contribution in [-0.4, -0.2) is 32.2 Å². The predicted molar refractivity (Wildman–Crippen MR) is 55.2 cm³/mol. The number of aryl methyl sites for hydroxylation is 1. The molecule has 0 spiro atoms. The summed E-state index contributed by atoms with van der Waals surface area (Å²) >= 11 is 0. The fraction of sp³-hybridized carbons (Fsp3) is 0.300. The van der Waals surface area contributed by atoms with Crippen molar-refractivity contribution in [3.05, 3.63) is 23.7 Å². The molecule has 18 heavy (non-hydrogen) atoms. The van der Waals surface area contributed by atoms with Gasteiger partial charge in [-0.2, -0.15) is 13.2 Å². The number of halogens is 3. The Balaban J connectivity index is 2.24. The zero-order valence-corrected chi connectivity index (χ0v) is 8.95. The van der Waals surface area contributed by atoms with E-state index in [1.807, 2.05) is 0 Å². The molecule has 0 aromatic carbocycles. The van der Waals surface area contributed by atoms with Gasteiger partial charge in [0.2, 0.25) is 0 Å². The Hall–Kier alpha value is -2.12. The van der Waals surface area contributed by atoms with E-state index < -0.39 is 18.6 Å². The number of carbonyl (C=O) groups is 1. The predicted octanol–water partition coefficient (Wildman–Crippen LogP) is 2.15. The highest BCUT2D eigenvalue weighted by molar-refractivity contribution is 5.90. The van der Waals surface area contributed by atoms with Crippen molar-refractivity contribution in [3.8, 4) is 0 Å². The standard InChI is InChI=1S/C10H8F3N3O2/c11-10(12,13)2-1-7-15-6-3-5(9(17)18)4-14-8(6)16-7/h3-4H,1-2H2,(H,17,18)(H,14,15,16). The van der Waals surface area contributed by atoms with Crippen molar-refractivity contribution in [2.45, 2.75) is 19.0 Å². The van der Waals surface area contributed by atoms with Crippen molar-refractivity contribution in [2.24, 2.45) is 0 Å². The Morgan fingerprint density at radius 1 is 1.44 bits per heavy atom. The van der Waals surface area contributed by atoms with Crippen LogP contribution < -0.4 is 0 Å². The maximum Gasteiger partial charge on any atom is 0.389 e. The zero-order valence-electron chi connectivity index (χ0n) is 8.95. The van der Waals surface area contributed by atoms with Crippen LogP contribution in [0.4, 0.5) is 13.2 Å². The second-order valence-electron chi connectivity index (χ2n) is 3.70. The van der Waals surface area contributed by atoms with E-state index in [4.69, 9.17) is 5.11 Å².